The summed E-state index contributed by atoms with van der Waals surface area (Å²) >= 11 is 0. The molecule has 1 saturated heterocycles. The van der Waals surface area contributed by atoms with Gasteiger partial charge in [-0.1, -0.05) is 0 Å². The van der Waals surface area contributed by atoms with Gasteiger partial charge in [0.05, 0.1) is 25.2 Å². The van der Waals surface area contributed by atoms with E-state index >= 15 is 0 Å². The molecule has 162 valence electrons. The molecule has 9 nitrogen and oxygen atoms in total. The number of hydrogen-bond acceptors (Lipinski definition) is 6. The molecule has 10 heteroatoms. The van der Waals surface area contributed by atoms with E-state index in [4.69, 9.17) is 9.47 Å². The van der Waals surface area contributed by atoms with Gasteiger partial charge in [0.25, 0.3) is 0 Å². The fourth-order valence-electron chi connectivity index (χ4n) is 3.04. The fourth-order valence-corrected chi connectivity index (χ4v) is 3.54. The van der Waals surface area contributed by atoms with Gasteiger partial charge in [-0.25, -0.2) is 18.2 Å². The van der Waals surface area contributed by atoms with Crippen LogP contribution in [0.4, 0.5) is 16.2 Å². The number of ether oxygens (including phenoxy) is 2. The van der Waals surface area contributed by atoms with Gasteiger partial charge in [0, 0.05) is 44.7 Å². The SMILES string of the molecule is COc1ccc(NC(=O)N2CCC(Oc3ccc(N(C)S(C)(=O)=O)cn3)CC2)cc1. The first kappa shape index (κ1) is 21.7. The zero-order valence-corrected chi connectivity index (χ0v) is 18.1. The number of hydrogen-bond donors (Lipinski definition) is 1. The molecular formula is C20H26N4O5S. The lowest BCUT2D eigenvalue weighted by atomic mass is 10.1. The van der Waals surface area contributed by atoms with Crippen molar-refractivity contribution in [1.82, 2.24) is 9.88 Å². The van der Waals surface area contributed by atoms with E-state index in [1.807, 2.05) is 0 Å². The number of rotatable bonds is 6. The Hall–Kier alpha value is -3.01. The molecule has 1 fully saturated rings. The largest absolute Gasteiger partial charge is 0.497 e. The van der Waals surface area contributed by atoms with E-state index in [-0.39, 0.29) is 12.1 Å². The zero-order chi connectivity index (χ0) is 21.7. The number of pyridine rings is 1. The maximum absolute atomic E-state index is 12.4. The first-order chi connectivity index (χ1) is 14.3. The molecule has 2 heterocycles. The molecule has 3 rings (SSSR count). The molecule has 0 saturated carbocycles. The molecule has 2 aromatic rings. The van der Waals surface area contributed by atoms with Crippen LogP contribution in [0.25, 0.3) is 0 Å². The third kappa shape index (κ3) is 5.53. The molecule has 1 aromatic heterocycles. The molecule has 0 unspecified atom stereocenters. The molecule has 0 aliphatic carbocycles. The minimum absolute atomic E-state index is 0.0546. The Morgan fingerprint density at radius 2 is 1.83 bits per heavy atom. The summed E-state index contributed by atoms with van der Waals surface area (Å²) < 4.78 is 35.3. The van der Waals surface area contributed by atoms with E-state index in [1.54, 1.807) is 48.4 Å². The molecule has 1 aliphatic rings. The second kappa shape index (κ2) is 9.21. The van der Waals surface area contributed by atoms with Gasteiger partial charge in [-0.05, 0) is 30.3 Å². The molecule has 0 spiro atoms. The van der Waals surface area contributed by atoms with Crippen molar-refractivity contribution in [3.63, 3.8) is 0 Å². The molecule has 1 aromatic carbocycles. The number of carbonyl (C=O) groups is 1. The van der Waals surface area contributed by atoms with E-state index in [0.717, 1.165) is 16.3 Å². The van der Waals surface area contributed by atoms with Crippen LogP contribution < -0.4 is 19.1 Å². The lowest BCUT2D eigenvalue weighted by Gasteiger charge is -2.32. The summed E-state index contributed by atoms with van der Waals surface area (Å²) in [5.41, 5.74) is 1.18. The van der Waals surface area contributed by atoms with Crippen molar-refractivity contribution in [2.24, 2.45) is 0 Å². The minimum atomic E-state index is -3.33. The van der Waals surface area contributed by atoms with Gasteiger partial charge in [-0.2, -0.15) is 0 Å². The van der Waals surface area contributed by atoms with E-state index < -0.39 is 10.0 Å². The van der Waals surface area contributed by atoms with Crippen LogP contribution in [0.2, 0.25) is 0 Å². The zero-order valence-electron chi connectivity index (χ0n) is 17.2. The third-order valence-corrected chi connectivity index (χ3v) is 6.15. The molecule has 2 amide bonds. The van der Waals surface area contributed by atoms with Gasteiger partial charge < -0.3 is 19.7 Å². The number of carbonyl (C=O) groups excluding carboxylic acids is 1. The molecule has 30 heavy (non-hydrogen) atoms. The Morgan fingerprint density at radius 3 is 2.37 bits per heavy atom. The van der Waals surface area contributed by atoms with Crippen molar-refractivity contribution in [2.45, 2.75) is 18.9 Å². The van der Waals surface area contributed by atoms with Crippen LogP contribution in [0, 0.1) is 0 Å². The smallest absolute Gasteiger partial charge is 0.321 e. The number of nitrogens with zero attached hydrogens (tertiary/aromatic N) is 3. The van der Waals surface area contributed by atoms with E-state index in [1.165, 1.54) is 13.2 Å². The number of piperidine rings is 1. The number of anilines is 2. The summed E-state index contributed by atoms with van der Waals surface area (Å²) in [7, 11) is -0.267. The van der Waals surface area contributed by atoms with E-state index in [0.29, 0.717) is 43.2 Å². The van der Waals surface area contributed by atoms with Crippen molar-refractivity contribution in [3.05, 3.63) is 42.6 Å². The summed E-state index contributed by atoms with van der Waals surface area (Å²) in [5.74, 6) is 1.16. The number of amides is 2. The van der Waals surface area contributed by atoms with Crippen molar-refractivity contribution >= 4 is 27.4 Å². The highest BCUT2D eigenvalue weighted by molar-refractivity contribution is 7.92. The highest BCUT2D eigenvalue weighted by Crippen LogP contribution is 2.22. The van der Waals surface area contributed by atoms with Crippen molar-refractivity contribution < 1.29 is 22.7 Å². The maximum atomic E-state index is 12.4. The highest BCUT2D eigenvalue weighted by Gasteiger charge is 2.24. The number of methoxy groups -OCH3 is 1. The maximum Gasteiger partial charge on any atom is 0.321 e. The third-order valence-electron chi connectivity index (χ3n) is 4.94. The number of sulfonamides is 1. The first-order valence-electron chi connectivity index (χ1n) is 9.53. The van der Waals surface area contributed by atoms with Gasteiger partial charge in [0.1, 0.15) is 11.9 Å². The fraction of sp³-hybridized carbons (Fsp3) is 0.400. The Kier molecular flexibility index (Phi) is 6.66. The molecule has 0 bridgehead atoms. The molecule has 0 radical (unpaired) electrons. The quantitative estimate of drug-likeness (QED) is 0.750. The topological polar surface area (TPSA) is 101 Å². The molecule has 0 atom stereocenters. The van der Waals surface area contributed by atoms with Crippen LogP contribution in [0.15, 0.2) is 42.6 Å². The Bertz CT molecular complexity index is 956. The first-order valence-corrected chi connectivity index (χ1v) is 11.4. The number of benzene rings is 1. The van der Waals surface area contributed by atoms with Crippen LogP contribution in [-0.2, 0) is 10.0 Å². The van der Waals surface area contributed by atoms with Crippen LogP contribution in [0.1, 0.15) is 12.8 Å². The Labute approximate surface area is 176 Å². The number of likely N-dealkylation sites (tertiary alicyclic amines) is 1. The van der Waals surface area contributed by atoms with Gasteiger partial charge >= 0.3 is 6.03 Å². The van der Waals surface area contributed by atoms with Gasteiger partial charge in [-0.15, -0.1) is 0 Å². The number of urea groups is 1. The Balaban J connectivity index is 1.48. The second-order valence-electron chi connectivity index (χ2n) is 7.05. The van der Waals surface area contributed by atoms with Crippen molar-refractivity contribution in [1.29, 1.82) is 0 Å². The Morgan fingerprint density at radius 1 is 1.17 bits per heavy atom. The monoisotopic (exact) mass is 434 g/mol. The summed E-state index contributed by atoms with van der Waals surface area (Å²) in [5, 5.41) is 2.88. The summed E-state index contributed by atoms with van der Waals surface area (Å²) in [6, 6.07) is 10.3. The predicted octanol–water partition coefficient (Wildman–Crippen LogP) is 2.56. The highest BCUT2D eigenvalue weighted by atomic mass is 32.2. The predicted molar refractivity (Wildman–Crippen MR) is 115 cm³/mol. The van der Waals surface area contributed by atoms with Crippen LogP contribution in [-0.4, -0.2) is 63.9 Å². The summed E-state index contributed by atoms with van der Waals surface area (Å²) in [4.78, 5) is 18.4. The van der Waals surface area contributed by atoms with Gasteiger partial charge in [0.15, 0.2) is 0 Å². The minimum Gasteiger partial charge on any atom is -0.497 e. The molecular weight excluding hydrogens is 408 g/mol. The summed E-state index contributed by atoms with van der Waals surface area (Å²) in [6.45, 7) is 1.14. The van der Waals surface area contributed by atoms with Crippen molar-refractivity contribution in [2.75, 3.05) is 43.1 Å². The average molecular weight is 435 g/mol. The number of aromatic nitrogens is 1. The lowest BCUT2D eigenvalue weighted by molar-refractivity contribution is 0.111. The summed E-state index contributed by atoms with van der Waals surface area (Å²) in [6.07, 6.45) is 3.91. The van der Waals surface area contributed by atoms with Crippen LogP contribution in [0.3, 0.4) is 0 Å². The van der Waals surface area contributed by atoms with Crippen LogP contribution in [0.5, 0.6) is 11.6 Å². The van der Waals surface area contributed by atoms with Gasteiger partial charge in [-0.3, -0.25) is 4.31 Å². The second-order valence-corrected chi connectivity index (χ2v) is 9.06. The number of nitrogens with one attached hydrogen (secondary N) is 1. The van der Waals surface area contributed by atoms with Crippen LogP contribution >= 0.6 is 0 Å². The molecule has 1 N–H and O–H groups in total. The lowest BCUT2D eigenvalue weighted by Crippen LogP contribution is -2.43. The average Bonchev–Trinajstić information content (AvgIpc) is 2.74. The van der Waals surface area contributed by atoms with Gasteiger partial charge in [0.2, 0.25) is 15.9 Å². The van der Waals surface area contributed by atoms with E-state index in [2.05, 4.69) is 10.3 Å². The molecule has 1 aliphatic heterocycles. The standard InChI is InChI=1S/C20H26N4O5S/c1-23(30(3,26)27)16-6-9-19(21-14-16)29-18-10-12-24(13-11-18)20(25)22-15-4-7-17(28-2)8-5-15/h4-9,14,18H,10-13H2,1-3H3,(H,22,25). The van der Waals surface area contributed by atoms with Crippen molar-refractivity contribution in [3.8, 4) is 11.6 Å². The van der Waals surface area contributed by atoms with E-state index in [9.17, 15) is 13.2 Å². The normalized spacial score (nSPS) is 14.8.